The molecule has 9 nitrogen and oxygen atoms in total. The molecule has 0 aromatic carbocycles. The number of rotatable bonds is 6. The second-order valence-corrected chi connectivity index (χ2v) is 5.58. The molecule has 1 aliphatic rings. The van der Waals surface area contributed by atoms with Crippen LogP contribution >= 0.6 is 0 Å². The summed E-state index contributed by atoms with van der Waals surface area (Å²) in [5.41, 5.74) is 1.51. The van der Waals surface area contributed by atoms with Gasteiger partial charge in [-0.15, -0.1) is 0 Å². The van der Waals surface area contributed by atoms with Crippen molar-refractivity contribution >= 4 is 0 Å². The Hall–Kier alpha value is -1.81. The Kier molecular flexibility index (Phi) is 5.01. The molecule has 2 aromatic heterocycles. The van der Waals surface area contributed by atoms with Gasteiger partial charge >= 0.3 is 0 Å². The van der Waals surface area contributed by atoms with Gasteiger partial charge in [0.15, 0.2) is 5.82 Å². The highest BCUT2D eigenvalue weighted by Crippen LogP contribution is 2.19. The van der Waals surface area contributed by atoms with Crippen LogP contribution in [-0.2, 0) is 31.0 Å². The molecule has 1 atom stereocenters. The number of fused-ring (bicyclic) bond motifs is 1. The Morgan fingerprint density at radius 2 is 2.30 bits per heavy atom. The zero-order valence-corrected chi connectivity index (χ0v) is 13.1. The summed E-state index contributed by atoms with van der Waals surface area (Å²) in [6.45, 7) is 2.92. The molecule has 9 heteroatoms. The highest BCUT2D eigenvalue weighted by Gasteiger charge is 2.20. The third kappa shape index (κ3) is 3.75. The Bertz CT molecular complexity index is 641. The van der Waals surface area contributed by atoms with E-state index in [9.17, 15) is 5.11 Å². The van der Waals surface area contributed by atoms with Gasteiger partial charge < -0.3 is 19.5 Å². The first-order valence-corrected chi connectivity index (χ1v) is 7.58. The van der Waals surface area contributed by atoms with Crippen molar-refractivity contribution in [1.29, 1.82) is 0 Å². The molecule has 23 heavy (non-hydrogen) atoms. The lowest BCUT2D eigenvalue weighted by atomic mass is 10.2. The van der Waals surface area contributed by atoms with Gasteiger partial charge in [0.05, 0.1) is 24.5 Å². The number of nitrogens with zero attached hydrogens (tertiary/aromatic N) is 5. The van der Waals surface area contributed by atoms with Crippen molar-refractivity contribution in [2.24, 2.45) is 0 Å². The van der Waals surface area contributed by atoms with Gasteiger partial charge in [-0.05, 0) is 12.5 Å². The molecule has 2 N–H and O–H groups in total. The summed E-state index contributed by atoms with van der Waals surface area (Å²) in [7, 11) is 1.58. The molecule has 3 heterocycles. The number of aryl methyl sites for hydroxylation is 1. The van der Waals surface area contributed by atoms with Crippen LogP contribution in [0.25, 0.3) is 0 Å². The van der Waals surface area contributed by atoms with Gasteiger partial charge in [0.1, 0.15) is 12.7 Å². The Morgan fingerprint density at radius 1 is 1.43 bits per heavy atom. The topological polar surface area (TPSA) is 110 Å². The van der Waals surface area contributed by atoms with Gasteiger partial charge in [0, 0.05) is 26.7 Å². The Morgan fingerprint density at radius 3 is 3.09 bits per heavy atom. The van der Waals surface area contributed by atoms with Gasteiger partial charge in [-0.1, -0.05) is 5.16 Å². The lowest BCUT2D eigenvalue weighted by Gasteiger charge is -2.16. The van der Waals surface area contributed by atoms with Crippen molar-refractivity contribution in [3.63, 3.8) is 0 Å². The van der Waals surface area contributed by atoms with Crippen LogP contribution in [-0.4, -0.2) is 55.3 Å². The normalized spacial score (nSPS) is 17.0. The minimum Gasteiger partial charge on any atom is -0.393 e. The number of aromatic nitrogens is 4. The molecular weight excluding hydrogens is 302 g/mol. The van der Waals surface area contributed by atoms with E-state index in [0.717, 1.165) is 25.2 Å². The van der Waals surface area contributed by atoms with Crippen LogP contribution in [0.3, 0.4) is 0 Å². The summed E-state index contributed by atoms with van der Waals surface area (Å²) in [6, 6.07) is 1.84. The molecule has 2 aromatic rings. The number of methoxy groups -OCH3 is 1. The zero-order chi connectivity index (χ0) is 16.2. The lowest BCUT2D eigenvalue weighted by Crippen LogP contribution is -2.23. The average molecular weight is 323 g/mol. The third-order valence-corrected chi connectivity index (χ3v) is 3.77. The van der Waals surface area contributed by atoms with E-state index in [1.54, 1.807) is 7.11 Å². The molecule has 3 rings (SSSR count). The highest BCUT2D eigenvalue weighted by atomic mass is 16.5. The van der Waals surface area contributed by atoms with Gasteiger partial charge in [-0.25, -0.2) is 0 Å². The Labute approximate surface area is 133 Å². The molecule has 0 bridgehead atoms. The summed E-state index contributed by atoms with van der Waals surface area (Å²) < 4.78 is 12.0. The molecule has 0 saturated heterocycles. The van der Waals surface area contributed by atoms with Crippen molar-refractivity contribution in [2.75, 3.05) is 20.3 Å². The van der Waals surface area contributed by atoms with E-state index < -0.39 is 6.10 Å². The van der Waals surface area contributed by atoms with Crippen LogP contribution in [0.15, 0.2) is 10.6 Å². The second kappa shape index (κ2) is 7.18. The van der Waals surface area contributed by atoms with Crippen molar-refractivity contribution in [3.05, 3.63) is 29.2 Å². The molecule has 0 unspecified atom stereocenters. The minimum atomic E-state index is -0.934. The van der Waals surface area contributed by atoms with Crippen LogP contribution in [0.4, 0.5) is 0 Å². The summed E-state index contributed by atoms with van der Waals surface area (Å²) in [6.07, 6.45) is 0.00300. The van der Waals surface area contributed by atoms with Crippen LogP contribution in [0, 0.1) is 0 Å². The zero-order valence-electron chi connectivity index (χ0n) is 13.1. The maximum absolute atomic E-state index is 9.72. The van der Waals surface area contributed by atoms with E-state index in [4.69, 9.17) is 14.4 Å². The average Bonchev–Trinajstić information content (AvgIpc) is 3.10. The van der Waals surface area contributed by atoms with E-state index in [1.807, 2.05) is 10.7 Å². The van der Waals surface area contributed by atoms with Crippen LogP contribution in [0.1, 0.15) is 35.6 Å². The van der Waals surface area contributed by atoms with Crippen molar-refractivity contribution in [3.8, 4) is 0 Å². The molecule has 0 aliphatic carbocycles. The Balaban J connectivity index is 1.68. The van der Waals surface area contributed by atoms with Gasteiger partial charge in [-0.3, -0.25) is 9.58 Å². The molecule has 1 aliphatic heterocycles. The monoisotopic (exact) mass is 323 g/mol. The van der Waals surface area contributed by atoms with Crippen molar-refractivity contribution in [2.45, 2.75) is 38.8 Å². The number of hydrogen-bond donors (Lipinski definition) is 2. The molecule has 0 spiro atoms. The fourth-order valence-corrected chi connectivity index (χ4v) is 2.68. The molecule has 126 valence electrons. The highest BCUT2D eigenvalue weighted by molar-refractivity contribution is 5.13. The fraction of sp³-hybridized carbons (Fsp3) is 0.643. The molecular formula is C14H21N5O4. The smallest absolute Gasteiger partial charge is 0.252 e. The third-order valence-electron chi connectivity index (χ3n) is 3.77. The standard InChI is InChI=1S/C14H21N5O4/c1-22-9-14-15-13(17-23-14)7-18-3-2-4-19-10(6-18)5-11(16-19)12(21)8-20/h5,12,20-21H,2-4,6-9H2,1H3/t12-/m1/s1. The van der Waals surface area contributed by atoms with Crippen molar-refractivity contribution < 1.29 is 19.5 Å². The maximum Gasteiger partial charge on any atom is 0.252 e. The molecule has 0 radical (unpaired) electrons. The first-order chi connectivity index (χ1) is 11.2. The number of hydrogen-bond acceptors (Lipinski definition) is 8. The molecule has 0 saturated carbocycles. The number of aliphatic hydroxyl groups is 2. The van der Waals surface area contributed by atoms with Crippen molar-refractivity contribution in [1.82, 2.24) is 24.8 Å². The van der Waals surface area contributed by atoms with Crippen LogP contribution < -0.4 is 0 Å². The SMILES string of the molecule is COCc1nc(CN2CCCn3nc([C@H](O)CO)cc3C2)no1. The summed E-state index contributed by atoms with van der Waals surface area (Å²) in [5, 5.41) is 27.1. The largest absolute Gasteiger partial charge is 0.393 e. The summed E-state index contributed by atoms with van der Waals surface area (Å²) in [5.74, 6) is 1.09. The quantitative estimate of drug-likeness (QED) is 0.755. The first-order valence-electron chi connectivity index (χ1n) is 7.58. The van der Waals surface area contributed by atoms with E-state index in [0.29, 0.717) is 37.1 Å². The van der Waals surface area contributed by atoms with Crippen LogP contribution in [0.2, 0.25) is 0 Å². The summed E-state index contributed by atoms with van der Waals surface area (Å²) >= 11 is 0. The number of ether oxygens (including phenoxy) is 1. The van der Waals surface area contributed by atoms with E-state index in [2.05, 4.69) is 20.1 Å². The summed E-state index contributed by atoms with van der Waals surface area (Å²) in [4.78, 5) is 6.49. The van der Waals surface area contributed by atoms with E-state index in [-0.39, 0.29) is 6.61 Å². The van der Waals surface area contributed by atoms with Gasteiger partial charge in [0.2, 0.25) is 0 Å². The predicted octanol–water partition coefficient (Wildman–Crippen LogP) is -0.156. The first kappa shape index (κ1) is 16.1. The maximum atomic E-state index is 9.72. The molecule has 0 fully saturated rings. The number of aliphatic hydroxyl groups excluding tert-OH is 2. The predicted molar refractivity (Wildman–Crippen MR) is 78.0 cm³/mol. The van der Waals surface area contributed by atoms with Gasteiger partial charge in [-0.2, -0.15) is 10.1 Å². The second-order valence-electron chi connectivity index (χ2n) is 5.58. The lowest BCUT2D eigenvalue weighted by molar-refractivity contribution is 0.0916. The van der Waals surface area contributed by atoms with Crippen LogP contribution in [0.5, 0.6) is 0 Å². The minimum absolute atomic E-state index is 0.308. The van der Waals surface area contributed by atoms with E-state index in [1.165, 1.54) is 0 Å². The fourth-order valence-electron chi connectivity index (χ4n) is 2.68. The molecule has 0 amide bonds. The van der Waals surface area contributed by atoms with Gasteiger partial charge in [0.25, 0.3) is 5.89 Å². The van der Waals surface area contributed by atoms with E-state index >= 15 is 0 Å².